The van der Waals surface area contributed by atoms with Crippen LogP contribution in [0.25, 0.3) is 10.2 Å². The maximum Gasteiger partial charge on any atom is 0.264 e. The minimum absolute atomic E-state index is 0.0444. The Balaban J connectivity index is 1.81. The number of thiophene rings is 1. The molecule has 0 aliphatic heterocycles. The van der Waals surface area contributed by atoms with Crippen molar-refractivity contribution in [1.82, 2.24) is 19.6 Å². The Bertz CT molecular complexity index is 1020. The number of likely N-dealkylation sites (N-methyl/N-ethyl adjacent to an activating group) is 2. The van der Waals surface area contributed by atoms with Gasteiger partial charge in [0.05, 0.1) is 23.7 Å². The molecule has 0 radical (unpaired) electrons. The highest BCUT2D eigenvalue weighted by Crippen LogP contribution is 2.29. The van der Waals surface area contributed by atoms with Crippen molar-refractivity contribution in [2.45, 2.75) is 27.3 Å². The van der Waals surface area contributed by atoms with E-state index in [1.807, 2.05) is 55.8 Å². The molecular formula is C21H25ClN4O2S. The van der Waals surface area contributed by atoms with Crippen LogP contribution < -0.4 is 0 Å². The van der Waals surface area contributed by atoms with E-state index in [-0.39, 0.29) is 18.4 Å². The summed E-state index contributed by atoms with van der Waals surface area (Å²) < 4.78 is 1.91. The molecule has 1 aromatic carbocycles. The summed E-state index contributed by atoms with van der Waals surface area (Å²) in [7, 11) is 1.67. The number of halogens is 1. The van der Waals surface area contributed by atoms with Crippen LogP contribution >= 0.6 is 22.9 Å². The van der Waals surface area contributed by atoms with E-state index in [1.165, 1.54) is 16.2 Å². The van der Waals surface area contributed by atoms with Crippen LogP contribution in [-0.4, -0.2) is 58.1 Å². The molecule has 3 aromatic rings. The first-order valence-electron chi connectivity index (χ1n) is 9.58. The molecule has 0 unspecified atom stereocenters. The van der Waals surface area contributed by atoms with Gasteiger partial charge in [0.2, 0.25) is 5.91 Å². The molecule has 3 rings (SSSR count). The van der Waals surface area contributed by atoms with E-state index in [0.29, 0.717) is 29.5 Å². The van der Waals surface area contributed by atoms with Gasteiger partial charge in [0.1, 0.15) is 4.83 Å². The van der Waals surface area contributed by atoms with Crippen molar-refractivity contribution in [3.63, 3.8) is 0 Å². The lowest BCUT2D eigenvalue weighted by Crippen LogP contribution is -2.40. The summed E-state index contributed by atoms with van der Waals surface area (Å²) in [6.45, 7) is 7.76. The molecule has 2 aromatic heterocycles. The fourth-order valence-electron chi connectivity index (χ4n) is 3.23. The first-order chi connectivity index (χ1) is 13.8. The third-order valence-corrected chi connectivity index (χ3v) is 6.29. The molecule has 154 valence electrons. The van der Waals surface area contributed by atoms with E-state index in [1.54, 1.807) is 11.9 Å². The van der Waals surface area contributed by atoms with Crippen LogP contribution in [0, 0.1) is 6.92 Å². The summed E-state index contributed by atoms with van der Waals surface area (Å²) in [4.78, 5) is 30.0. The third kappa shape index (κ3) is 4.62. The van der Waals surface area contributed by atoms with Crippen LogP contribution in [0.4, 0.5) is 0 Å². The van der Waals surface area contributed by atoms with Gasteiger partial charge in [0.25, 0.3) is 5.91 Å². The van der Waals surface area contributed by atoms with E-state index in [0.717, 1.165) is 21.5 Å². The lowest BCUT2D eigenvalue weighted by molar-refractivity contribution is -0.131. The normalized spacial score (nSPS) is 11.1. The Morgan fingerprint density at radius 3 is 2.45 bits per heavy atom. The van der Waals surface area contributed by atoms with Gasteiger partial charge in [-0.15, -0.1) is 11.3 Å². The van der Waals surface area contributed by atoms with Crippen molar-refractivity contribution < 1.29 is 9.59 Å². The zero-order valence-electron chi connectivity index (χ0n) is 17.1. The molecule has 0 fully saturated rings. The highest BCUT2D eigenvalue weighted by atomic mass is 35.5. The number of benzene rings is 1. The maximum absolute atomic E-state index is 12.9. The molecule has 29 heavy (non-hydrogen) atoms. The Hall–Kier alpha value is -2.38. The average molecular weight is 433 g/mol. The minimum atomic E-state index is -0.149. The van der Waals surface area contributed by atoms with Crippen molar-refractivity contribution in [2.75, 3.05) is 26.7 Å². The maximum atomic E-state index is 12.9. The van der Waals surface area contributed by atoms with Gasteiger partial charge >= 0.3 is 0 Å². The van der Waals surface area contributed by atoms with Crippen LogP contribution in [0.5, 0.6) is 0 Å². The number of hydrogen-bond acceptors (Lipinski definition) is 4. The molecule has 0 spiro atoms. The smallest absolute Gasteiger partial charge is 0.264 e. The van der Waals surface area contributed by atoms with Gasteiger partial charge in [-0.25, -0.2) is 0 Å². The second-order valence-corrected chi connectivity index (χ2v) is 8.39. The molecule has 2 amide bonds. The fraction of sp³-hybridized carbons (Fsp3) is 0.381. The quantitative estimate of drug-likeness (QED) is 0.566. The van der Waals surface area contributed by atoms with Gasteiger partial charge in [-0.3, -0.25) is 14.3 Å². The van der Waals surface area contributed by atoms with E-state index in [9.17, 15) is 9.59 Å². The lowest BCUT2D eigenvalue weighted by Gasteiger charge is -2.22. The number of nitrogens with zero attached hydrogens (tertiary/aromatic N) is 4. The van der Waals surface area contributed by atoms with Gasteiger partial charge in [-0.2, -0.15) is 5.10 Å². The van der Waals surface area contributed by atoms with E-state index in [4.69, 9.17) is 11.6 Å². The first-order valence-corrected chi connectivity index (χ1v) is 10.8. The van der Waals surface area contributed by atoms with Gasteiger partial charge in [-0.1, -0.05) is 23.7 Å². The van der Waals surface area contributed by atoms with Gasteiger partial charge < -0.3 is 9.80 Å². The summed E-state index contributed by atoms with van der Waals surface area (Å²) in [6, 6.07) is 9.53. The average Bonchev–Trinajstić information content (AvgIpc) is 3.25. The van der Waals surface area contributed by atoms with Crippen molar-refractivity contribution in [3.05, 3.63) is 51.5 Å². The van der Waals surface area contributed by atoms with E-state index >= 15 is 0 Å². The highest BCUT2D eigenvalue weighted by molar-refractivity contribution is 7.20. The summed E-state index contributed by atoms with van der Waals surface area (Å²) in [5.74, 6) is -0.193. The second-order valence-electron chi connectivity index (χ2n) is 6.93. The van der Waals surface area contributed by atoms with E-state index in [2.05, 4.69) is 5.10 Å². The van der Waals surface area contributed by atoms with Crippen molar-refractivity contribution in [2.24, 2.45) is 0 Å². The molecule has 0 bridgehead atoms. The third-order valence-electron chi connectivity index (χ3n) is 4.90. The first kappa shape index (κ1) is 21.3. The molecule has 2 heterocycles. The Kier molecular flexibility index (Phi) is 6.59. The summed E-state index contributed by atoms with van der Waals surface area (Å²) >= 11 is 7.37. The van der Waals surface area contributed by atoms with Crippen LogP contribution in [0.3, 0.4) is 0 Å². The molecule has 0 N–H and O–H groups in total. The second kappa shape index (κ2) is 8.97. The lowest BCUT2D eigenvalue weighted by atomic mass is 10.2. The van der Waals surface area contributed by atoms with Crippen molar-refractivity contribution in [3.8, 4) is 0 Å². The number of carbonyl (C=O) groups excluding carboxylic acids is 2. The number of amides is 2. The molecular weight excluding hydrogens is 408 g/mol. The van der Waals surface area contributed by atoms with Gasteiger partial charge in [0, 0.05) is 30.5 Å². The topological polar surface area (TPSA) is 58.4 Å². The largest absolute Gasteiger partial charge is 0.342 e. The number of rotatable bonds is 7. The van der Waals surface area contributed by atoms with Gasteiger partial charge in [0.15, 0.2) is 0 Å². The molecule has 0 aliphatic carbocycles. The van der Waals surface area contributed by atoms with Crippen LogP contribution in [0.1, 0.15) is 34.8 Å². The van der Waals surface area contributed by atoms with Crippen LogP contribution in [0.15, 0.2) is 30.3 Å². The summed E-state index contributed by atoms with van der Waals surface area (Å²) in [5.41, 5.74) is 1.97. The summed E-state index contributed by atoms with van der Waals surface area (Å²) in [6.07, 6.45) is 0. The Morgan fingerprint density at radius 2 is 1.83 bits per heavy atom. The molecule has 0 saturated heterocycles. The zero-order chi connectivity index (χ0) is 21.1. The van der Waals surface area contributed by atoms with Gasteiger partial charge in [-0.05, 0) is 44.5 Å². The molecule has 8 heteroatoms. The number of carbonyl (C=O) groups is 2. The predicted molar refractivity (Wildman–Crippen MR) is 118 cm³/mol. The summed E-state index contributed by atoms with van der Waals surface area (Å²) in [5, 5.41) is 6.28. The van der Waals surface area contributed by atoms with Crippen LogP contribution in [-0.2, 0) is 11.3 Å². The Labute approximate surface area is 179 Å². The SMILES string of the molecule is CCN(CC)C(=O)CN(C)C(=O)c1cc2c(C)nn(Cc3ccc(Cl)cc3)c2s1. The van der Waals surface area contributed by atoms with E-state index < -0.39 is 0 Å². The number of fused-ring (bicyclic) bond motifs is 1. The fourth-order valence-corrected chi connectivity index (χ4v) is 4.51. The zero-order valence-corrected chi connectivity index (χ0v) is 18.7. The van der Waals surface area contributed by atoms with Crippen molar-refractivity contribution >= 4 is 45.0 Å². The minimum Gasteiger partial charge on any atom is -0.342 e. The standard InChI is InChI=1S/C21H25ClN4O2S/c1-5-25(6-2)19(27)13-24(4)20(28)18-11-17-14(3)23-26(21(17)29-18)12-15-7-9-16(22)10-8-15/h7-11H,5-6,12-13H2,1-4H3. The predicted octanol–water partition coefficient (Wildman–Crippen LogP) is 4.05. The molecule has 0 aliphatic rings. The molecule has 0 atom stereocenters. The Morgan fingerprint density at radius 1 is 1.17 bits per heavy atom. The number of aromatic nitrogens is 2. The molecule has 6 nitrogen and oxygen atoms in total. The number of hydrogen-bond donors (Lipinski definition) is 0. The van der Waals surface area contributed by atoms with Crippen molar-refractivity contribution in [1.29, 1.82) is 0 Å². The monoisotopic (exact) mass is 432 g/mol. The van der Waals surface area contributed by atoms with Crippen LogP contribution in [0.2, 0.25) is 5.02 Å². The number of aryl methyl sites for hydroxylation is 1. The highest BCUT2D eigenvalue weighted by Gasteiger charge is 2.22. The molecule has 0 saturated carbocycles.